The van der Waals surface area contributed by atoms with E-state index >= 15 is 0 Å². The third kappa shape index (κ3) is 7.79. The zero-order chi connectivity index (χ0) is 28.7. The third-order valence-corrected chi connectivity index (χ3v) is 6.17. The van der Waals surface area contributed by atoms with E-state index in [2.05, 4.69) is 48.5 Å². The normalized spacial score (nSPS) is 20.6. The number of aryl methyl sites for hydroxylation is 1. The molecule has 0 bridgehead atoms. The molecule has 1 radical (unpaired) electrons. The van der Waals surface area contributed by atoms with Crippen LogP contribution >= 0.6 is 0 Å². The SMILES string of the molecule is C=BC.Cc1cccnc1N1CC(C)N(C(=O)Nc2ccc3c(c2)C(C)(C)OC(C)(C)O3)C(C)C1.[B]=CC. The van der Waals surface area contributed by atoms with Crippen LogP contribution in [-0.2, 0) is 10.3 Å². The Kier molecular flexibility index (Phi) is 10.9. The van der Waals surface area contributed by atoms with Crippen LogP contribution in [0.3, 0.4) is 0 Å². The van der Waals surface area contributed by atoms with Crippen LogP contribution in [0.25, 0.3) is 0 Å². The summed E-state index contributed by atoms with van der Waals surface area (Å²) in [5, 5.41) is 3.09. The summed E-state index contributed by atoms with van der Waals surface area (Å²) in [4.78, 5) is 22.0. The van der Waals surface area contributed by atoms with Crippen LogP contribution in [0, 0.1) is 6.92 Å². The van der Waals surface area contributed by atoms with Crippen LogP contribution in [0.5, 0.6) is 5.75 Å². The van der Waals surface area contributed by atoms with Crippen molar-refractivity contribution >= 4 is 44.4 Å². The van der Waals surface area contributed by atoms with Gasteiger partial charge in [-0.25, -0.2) is 9.78 Å². The molecule has 2 unspecified atom stereocenters. The van der Waals surface area contributed by atoms with E-state index in [9.17, 15) is 4.79 Å². The zero-order valence-electron chi connectivity index (χ0n) is 24.5. The number of carbonyl (C=O) groups is 1. The van der Waals surface area contributed by atoms with Crippen LogP contribution in [0.15, 0.2) is 36.5 Å². The number of nitrogens with zero attached hydrogens (tertiary/aromatic N) is 3. The number of fused-ring (bicyclic) bond motifs is 1. The van der Waals surface area contributed by atoms with E-state index in [-0.39, 0.29) is 18.1 Å². The number of amides is 2. The maximum absolute atomic E-state index is 13.2. The molecule has 1 fully saturated rings. The molecule has 2 aliphatic rings. The molecule has 4 rings (SSSR count). The number of hydrogen-bond donors (Lipinski definition) is 1. The van der Waals surface area contributed by atoms with Gasteiger partial charge >= 0.3 is 46.6 Å². The quantitative estimate of drug-likeness (QED) is 0.565. The molecule has 1 aromatic heterocycles. The molecule has 7 nitrogen and oxygen atoms in total. The number of ether oxygens (including phenoxy) is 2. The fraction of sp³-hybridized carbons (Fsp3) is 0.517. The predicted molar refractivity (Wildman–Crippen MR) is 162 cm³/mol. The number of nitrogens with one attached hydrogen (secondary N) is 1. The minimum atomic E-state index is -0.697. The van der Waals surface area contributed by atoms with Gasteiger partial charge in [-0.1, -0.05) is 6.07 Å². The summed E-state index contributed by atoms with van der Waals surface area (Å²) in [6.07, 6.45) is 1.82. The molecule has 1 N–H and O–H groups in total. The first-order valence-electron chi connectivity index (χ1n) is 13.2. The van der Waals surface area contributed by atoms with Crippen molar-refractivity contribution < 1.29 is 14.3 Å². The summed E-state index contributed by atoms with van der Waals surface area (Å²) < 4.78 is 12.1. The van der Waals surface area contributed by atoms with E-state index in [0.717, 1.165) is 41.5 Å². The van der Waals surface area contributed by atoms with Crippen LogP contribution < -0.4 is 15.0 Å². The number of urea groups is 1. The molecule has 2 aromatic rings. The van der Waals surface area contributed by atoms with Gasteiger partial charge in [0.05, 0.1) is 5.60 Å². The van der Waals surface area contributed by atoms with E-state index in [4.69, 9.17) is 17.0 Å². The monoisotopic (exact) mass is 517 g/mol. The number of aromatic nitrogens is 1. The van der Waals surface area contributed by atoms with Gasteiger partial charge in [-0.05, 0) is 64.4 Å². The second-order valence-electron chi connectivity index (χ2n) is 10.7. The van der Waals surface area contributed by atoms with Gasteiger partial charge in [0, 0.05) is 56.5 Å². The summed E-state index contributed by atoms with van der Waals surface area (Å²) in [6, 6.07) is 9.75. The standard InChI is InChI=1S/C25H34N4O3.C2H5B.C2H4B/c1-16-9-8-12-26-22(16)28-14-17(2)29(18(3)15-28)23(30)27-19-10-11-21-20(13-19)24(4,5)32-25(6,7)31-21;1-3-2;1-2-3/h8-13,17-18H,14-15H2,1-7H3,(H,27,30);1H2,2H3;2H,1H3. The Morgan fingerprint density at radius 3 is 2.34 bits per heavy atom. The van der Waals surface area contributed by atoms with E-state index in [1.807, 2.05) is 69.9 Å². The first kappa shape index (κ1) is 31.3. The van der Waals surface area contributed by atoms with Crippen molar-refractivity contribution in [3.8, 4) is 5.75 Å². The Morgan fingerprint density at radius 1 is 1.21 bits per heavy atom. The van der Waals surface area contributed by atoms with Crippen LogP contribution in [-0.4, -0.2) is 73.7 Å². The number of pyridine rings is 1. The molecule has 1 aromatic carbocycles. The maximum atomic E-state index is 13.2. The van der Waals surface area contributed by atoms with Gasteiger partial charge in [-0.3, -0.25) is 0 Å². The van der Waals surface area contributed by atoms with Gasteiger partial charge in [-0.15, -0.1) is 0 Å². The summed E-state index contributed by atoms with van der Waals surface area (Å²) in [7, 11) is 4.72. The summed E-state index contributed by atoms with van der Waals surface area (Å²) in [6.45, 7) is 24.3. The average Bonchev–Trinajstić information content (AvgIpc) is 2.79. The summed E-state index contributed by atoms with van der Waals surface area (Å²) >= 11 is 0. The van der Waals surface area contributed by atoms with Gasteiger partial charge in [0.1, 0.15) is 11.6 Å². The second-order valence-corrected chi connectivity index (χ2v) is 10.7. The van der Waals surface area contributed by atoms with Crippen molar-refractivity contribution in [3.05, 3.63) is 47.7 Å². The Morgan fingerprint density at radius 2 is 1.79 bits per heavy atom. The summed E-state index contributed by atoms with van der Waals surface area (Å²) in [5.41, 5.74) is 2.28. The molecule has 1 saturated heterocycles. The molecule has 3 heterocycles. The molecular formula is C29H43B2N4O3. The second kappa shape index (κ2) is 13.2. The van der Waals surface area contributed by atoms with Crippen molar-refractivity contribution in [1.29, 1.82) is 0 Å². The minimum absolute atomic E-state index is 0.0432. The van der Waals surface area contributed by atoms with Crippen molar-refractivity contribution in [2.75, 3.05) is 23.3 Å². The Balaban J connectivity index is 0.000000773. The van der Waals surface area contributed by atoms with Gasteiger partial charge in [-0.2, -0.15) is 0 Å². The van der Waals surface area contributed by atoms with Crippen molar-refractivity contribution in [2.24, 2.45) is 0 Å². The fourth-order valence-electron chi connectivity index (χ4n) is 5.01. The van der Waals surface area contributed by atoms with Gasteiger partial charge in [0.15, 0.2) is 0 Å². The van der Waals surface area contributed by atoms with E-state index in [1.165, 1.54) is 5.97 Å². The van der Waals surface area contributed by atoms with Crippen LogP contribution in [0.1, 0.15) is 59.6 Å². The van der Waals surface area contributed by atoms with Gasteiger partial charge in [0.25, 0.3) is 0 Å². The number of hydrogen-bond acceptors (Lipinski definition) is 5. The zero-order valence-corrected chi connectivity index (χ0v) is 24.5. The van der Waals surface area contributed by atoms with Crippen LogP contribution in [0.4, 0.5) is 16.3 Å². The molecule has 9 heteroatoms. The van der Waals surface area contributed by atoms with Crippen molar-refractivity contribution in [1.82, 2.24) is 9.88 Å². The number of anilines is 2. The van der Waals surface area contributed by atoms with Crippen LogP contribution in [0.2, 0.25) is 6.82 Å². The fourth-order valence-corrected chi connectivity index (χ4v) is 5.01. The van der Waals surface area contributed by atoms with E-state index in [1.54, 1.807) is 13.8 Å². The van der Waals surface area contributed by atoms with Gasteiger partial charge in [0.2, 0.25) is 5.79 Å². The summed E-state index contributed by atoms with van der Waals surface area (Å²) in [5.74, 6) is 2.58. The Bertz CT molecular complexity index is 1100. The number of carbonyl (C=O) groups excluding carboxylic acids is 1. The first-order valence-corrected chi connectivity index (χ1v) is 13.2. The predicted octanol–water partition coefficient (Wildman–Crippen LogP) is 5.05. The molecule has 2 aliphatic heterocycles. The molecule has 203 valence electrons. The first-order chi connectivity index (χ1) is 17.8. The topological polar surface area (TPSA) is 66.9 Å². The number of piperazine rings is 1. The van der Waals surface area contributed by atoms with E-state index < -0.39 is 11.4 Å². The third-order valence-electron chi connectivity index (χ3n) is 6.17. The molecule has 0 aliphatic carbocycles. The molecule has 0 spiro atoms. The molecule has 2 amide bonds. The molecule has 0 saturated carbocycles. The average molecular weight is 517 g/mol. The van der Waals surface area contributed by atoms with Crippen molar-refractivity contribution in [3.63, 3.8) is 0 Å². The van der Waals surface area contributed by atoms with Gasteiger partial charge < -0.3 is 24.6 Å². The number of benzene rings is 1. The van der Waals surface area contributed by atoms with E-state index in [0.29, 0.717) is 0 Å². The Labute approximate surface area is 230 Å². The molecule has 38 heavy (non-hydrogen) atoms. The molecule has 2 atom stereocenters. The Hall–Kier alpha value is -2.93. The van der Waals surface area contributed by atoms with Crippen molar-refractivity contribution in [2.45, 2.75) is 85.7 Å². The number of rotatable bonds is 2. The molecular weight excluding hydrogens is 474 g/mol.